The van der Waals surface area contributed by atoms with Crippen molar-refractivity contribution in [3.8, 4) is 57.3 Å². The van der Waals surface area contributed by atoms with Crippen LogP contribution in [0, 0.1) is 22.7 Å². The number of oxazole rings is 2. The SMILES string of the molecule is N#Cc1ccc(N(c2ccccc2)c2cc3c(c4oc(-c5ccccc5)nc24)-c2c(cc(N(c4ccccc4)c4ccc(C#N)cc4)c4nc(-c5ccccc5)oc24)C32c3ccccc3-c3ccccc32)cc1. The van der Waals surface area contributed by atoms with Crippen LogP contribution in [-0.2, 0) is 5.41 Å². The van der Waals surface area contributed by atoms with Crippen LogP contribution in [0.2, 0.25) is 0 Å². The van der Waals surface area contributed by atoms with E-state index in [9.17, 15) is 10.5 Å². The smallest absolute Gasteiger partial charge is 0.227 e. The number of nitriles is 2. The summed E-state index contributed by atoms with van der Waals surface area (Å²) in [6.07, 6.45) is 0. The molecule has 0 N–H and O–H groups in total. The van der Waals surface area contributed by atoms with Crippen LogP contribution in [-0.4, -0.2) is 9.97 Å². The van der Waals surface area contributed by atoms with E-state index in [1.165, 1.54) is 0 Å². The van der Waals surface area contributed by atoms with E-state index in [4.69, 9.17) is 18.8 Å². The molecule has 0 aliphatic heterocycles. The van der Waals surface area contributed by atoms with Crippen molar-refractivity contribution in [2.75, 3.05) is 9.80 Å². The minimum absolute atomic E-state index is 0.472. The molecule has 73 heavy (non-hydrogen) atoms. The van der Waals surface area contributed by atoms with Gasteiger partial charge in [-0.2, -0.15) is 10.5 Å². The monoisotopic (exact) mass is 934 g/mol. The van der Waals surface area contributed by atoms with Crippen molar-refractivity contribution in [3.05, 3.63) is 264 Å². The van der Waals surface area contributed by atoms with E-state index < -0.39 is 5.41 Å². The molecule has 0 amide bonds. The molecule has 2 heterocycles. The fourth-order valence-electron chi connectivity index (χ4n) is 11.3. The van der Waals surface area contributed by atoms with Crippen molar-refractivity contribution in [1.29, 1.82) is 10.5 Å². The minimum atomic E-state index is -0.941. The number of fused-ring (bicyclic) bond motifs is 14. The molecule has 0 saturated heterocycles. The van der Waals surface area contributed by atoms with Gasteiger partial charge in [0.2, 0.25) is 11.8 Å². The van der Waals surface area contributed by atoms with E-state index in [1.54, 1.807) is 0 Å². The molecule has 0 atom stereocenters. The Morgan fingerprint density at radius 1 is 0.370 bits per heavy atom. The van der Waals surface area contributed by atoms with E-state index in [1.807, 2.05) is 146 Å². The number of hydrogen-bond donors (Lipinski definition) is 0. The van der Waals surface area contributed by atoms with Gasteiger partial charge in [-0.25, -0.2) is 9.97 Å². The average molecular weight is 935 g/mol. The zero-order valence-corrected chi connectivity index (χ0v) is 38.9. The van der Waals surface area contributed by atoms with Crippen LogP contribution in [0.3, 0.4) is 0 Å². The maximum absolute atomic E-state index is 9.96. The van der Waals surface area contributed by atoms with E-state index in [0.717, 1.165) is 89.8 Å². The third-order valence-corrected chi connectivity index (χ3v) is 14.4. The van der Waals surface area contributed by atoms with Crippen LogP contribution >= 0.6 is 0 Å². The summed E-state index contributed by atoms with van der Waals surface area (Å²) >= 11 is 0. The highest BCUT2D eigenvalue weighted by atomic mass is 16.4. The number of nitrogens with zero attached hydrogens (tertiary/aromatic N) is 6. The predicted molar refractivity (Wildman–Crippen MR) is 288 cm³/mol. The van der Waals surface area contributed by atoms with Crippen molar-refractivity contribution in [2.24, 2.45) is 0 Å². The summed E-state index contributed by atoms with van der Waals surface area (Å²) in [4.78, 5) is 15.4. The number of aromatic nitrogens is 2. The Hall–Kier alpha value is -10.3. The summed E-state index contributed by atoms with van der Waals surface area (Å²) in [6.45, 7) is 0. The summed E-state index contributed by atoms with van der Waals surface area (Å²) in [5, 5.41) is 19.9. The van der Waals surface area contributed by atoms with Gasteiger partial charge < -0.3 is 18.6 Å². The molecule has 10 aromatic carbocycles. The lowest BCUT2D eigenvalue weighted by atomic mass is 9.70. The highest BCUT2D eigenvalue weighted by Gasteiger charge is 2.55. The van der Waals surface area contributed by atoms with E-state index in [2.05, 4.69) is 107 Å². The summed E-state index contributed by atoms with van der Waals surface area (Å²) in [7, 11) is 0. The molecule has 8 nitrogen and oxygen atoms in total. The molecule has 1 spiro atoms. The van der Waals surface area contributed by atoms with Crippen LogP contribution < -0.4 is 9.80 Å². The van der Waals surface area contributed by atoms with Gasteiger partial charge in [0.1, 0.15) is 11.0 Å². The first-order valence-corrected chi connectivity index (χ1v) is 24.1. The highest BCUT2D eigenvalue weighted by Crippen LogP contribution is 2.67. The molecule has 0 unspecified atom stereocenters. The van der Waals surface area contributed by atoms with Crippen molar-refractivity contribution < 1.29 is 8.83 Å². The Morgan fingerprint density at radius 3 is 1.10 bits per heavy atom. The largest absolute Gasteiger partial charge is 0.435 e. The second-order valence-electron chi connectivity index (χ2n) is 18.3. The highest BCUT2D eigenvalue weighted by molar-refractivity contribution is 6.16. The van der Waals surface area contributed by atoms with Crippen molar-refractivity contribution in [1.82, 2.24) is 9.97 Å². The lowest BCUT2D eigenvalue weighted by molar-refractivity contribution is 0.616. The first kappa shape index (κ1) is 41.7. The van der Waals surface area contributed by atoms with E-state index in [0.29, 0.717) is 45.1 Å². The molecule has 340 valence electrons. The number of rotatable bonds is 8. The maximum Gasteiger partial charge on any atom is 0.227 e. The zero-order chi connectivity index (χ0) is 48.6. The van der Waals surface area contributed by atoms with Crippen LogP contribution in [0.15, 0.2) is 239 Å². The molecule has 8 heteroatoms. The van der Waals surface area contributed by atoms with Crippen LogP contribution in [0.25, 0.3) is 67.4 Å². The summed E-state index contributed by atoms with van der Waals surface area (Å²) in [5.74, 6) is 0.943. The fourth-order valence-corrected chi connectivity index (χ4v) is 11.3. The number of benzene rings is 10. The zero-order valence-electron chi connectivity index (χ0n) is 38.9. The lowest BCUT2D eigenvalue weighted by Gasteiger charge is -2.33. The maximum atomic E-state index is 9.96. The van der Waals surface area contributed by atoms with Gasteiger partial charge in [0.25, 0.3) is 0 Å². The Balaban J connectivity index is 1.19. The first-order valence-electron chi connectivity index (χ1n) is 24.1. The first-order chi connectivity index (χ1) is 36.1. The fraction of sp³-hybridized carbons (Fsp3) is 0.0154. The van der Waals surface area contributed by atoms with Crippen molar-refractivity contribution in [2.45, 2.75) is 5.41 Å². The molecule has 14 rings (SSSR count). The van der Waals surface area contributed by atoms with E-state index >= 15 is 0 Å². The van der Waals surface area contributed by atoms with E-state index in [-0.39, 0.29) is 0 Å². The normalized spacial score (nSPS) is 12.5. The molecule has 2 aliphatic rings. The van der Waals surface area contributed by atoms with Crippen molar-refractivity contribution >= 4 is 56.3 Å². The van der Waals surface area contributed by atoms with Gasteiger partial charge in [0.15, 0.2) is 11.2 Å². The summed E-state index contributed by atoms with van der Waals surface area (Å²) in [5.41, 5.74) is 17.6. The van der Waals surface area contributed by atoms with Crippen molar-refractivity contribution in [3.63, 3.8) is 0 Å². The Labute approximate surface area is 420 Å². The van der Waals surface area contributed by atoms with Gasteiger partial charge >= 0.3 is 0 Å². The Kier molecular flexibility index (Phi) is 9.37. The van der Waals surface area contributed by atoms with Gasteiger partial charge in [-0.15, -0.1) is 0 Å². The molecular formula is C65H38N6O2. The summed E-state index contributed by atoms with van der Waals surface area (Å²) < 4.78 is 14.7. The standard InChI is InChI=1S/C65H38N6O2/c66-39-41-29-33-47(34-30-41)70(45-21-9-3-10-22-45)55-37-53-57(61-59(55)68-63(72-61)43-17-5-1-6-18-43)58-54(65(53)51-27-15-13-25-49(51)50-26-14-16-28-52(50)65)38-56(60-62(58)73-64(69-60)44-19-7-2-8-20-44)71(46-23-11-4-12-24-46)48-35-31-42(40-67)32-36-48/h1-38H. The van der Waals surface area contributed by atoms with Crippen LogP contribution in [0.1, 0.15) is 33.4 Å². The second-order valence-corrected chi connectivity index (χ2v) is 18.3. The molecule has 2 aromatic heterocycles. The Morgan fingerprint density at radius 2 is 0.712 bits per heavy atom. The molecule has 0 fully saturated rings. The third-order valence-electron chi connectivity index (χ3n) is 14.4. The third kappa shape index (κ3) is 6.25. The molecule has 0 saturated carbocycles. The predicted octanol–water partition coefficient (Wildman–Crippen LogP) is 16.3. The molecule has 0 bridgehead atoms. The second kappa shape index (κ2) is 16.4. The van der Waals surface area contributed by atoms with Crippen LogP contribution in [0.5, 0.6) is 0 Å². The molecule has 12 aromatic rings. The number of anilines is 6. The Bertz CT molecular complexity index is 3940. The number of para-hydroxylation sites is 2. The van der Waals surface area contributed by atoms with Gasteiger partial charge in [-0.05, 0) is 143 Å². The molecular weight excluding hydrogens is 897 g/mol. The average Bonchev–Trinajstić information content (AvgIpc) is 4.25. The molecule has 0 radical (unpaired) electrons. The van der Waals surface area contributed by atoms with Gasteiger partial charge in [0, 0.05) is 45.0 Å². The number of hydrogen-bond acceptors (Lipinski definition) is 8. The van der Waals surface area contributed by atoms with Crippen LogP contribution in [0.4, 0.5) is 34.1 Å². The quantitative estimate of drug-likeness (QED) is 0.148. The molecule has 2 aliphatic carbocycles. The summed E-state index contributed by atoms with van der Waals surface area (Å²) in [6, 6.07) is 82.7. The van der Waals surface area contributed by atoms with Gasteiger partial charge in [-0.1, -0.05) is 121 Å². The topological polar surface area (TPSA) is 106 Å². The lowest BCUT2D eigenvalue weighted by Crippen LogP contribution is -2.26. The van der Waals surface area contributed by atoms with Gasteiger partial charge in [-0.3, -0.25) is 0 Å². The minimum Gasteiger partial charge on any atom is -0.435 e. The van der Waals surface area contributed by atoms with Gasteiger partial charge in [0.05, 0.1) is 40.1 Å².